The van der Waals surface area contributed by atoms with E-state index < -0.39 is 12.0 Å². The van der Waals surface area contributed by atoms with E-state index in [0.29, 0.717) is 23.8 Å². The number of allylic oxidation sites excluding steroid dienone is 1. The minimum absolute atomic E-state index is 0.166. The van der Waals surface area contributed by atoms with E-state index >= 15 is 0 Å². The maximum absolute atomic E-state index is 12.8. The van der Waals surface area contributed by atoms with Crippen LogP contribution in [0.5, 0.6) is 5.75 Å². The first kappa shape index (κ1) is 20.5. The van der Waals surface area contributed by atoms with Crippen LogP contribution in [0.3, 0.4) is 0 Å². The lowest BCUT2D eigenvalue weighted by molar-refractivity contribution is -0.140. The molecule has 29 heavy (non-hydrogen) atoms. The molecule has 0 aromatic heterocycles. The van der Waals surface area contributed by atoms with Crippen LogP contribution in [0.1, 0.15) is 37.9 Å². The van der Waals surface area contributed by atoms with Crippen LogP contribution in [0.2, 0.25) is 0 Å². The number of hydrogen-bond donors (Lipinski definition) is 2. The van der Waals surface area contributed by atoms with E-state index in [1.807, 2.05) is 54.6 Å². The average molecular weight is 394 g/mol. The van der Waals surface area contributed by atoms with E-state index in [2.05, 4.69) is 24.5 Å². The smallest absolute Gasteiger partial charge is 0.338 e. The van der Waals surface area contributed by atoms with Gasteiger partial charge in [-0.2, -0.15) is 0 Å². The van der Waals surface area contributed by atoms with Crippen molar-refractivity contribution in [3.63, 3.8) is 0 Å². The third-order valence-electron chi connectivity index (χ3n) is 4.50. The summed E-state index contributed by atoms with van der Waals surface area (Å²) in [6.07, 6.45) is 0. The number of carbonyl (C=O) groups is 2. The number of carbonyl (C=O) groups excluding carboxylic acids is 2. The molecule has 6 nitrogen and oxygen atoms in total. The van der Waals surface area contributed by atoms with E-state index in [4.69, 9.17) is 9.47 Å². The van der Waals surface area contributed by atoms with Crippen molar-refractivity contribution in [2.24, 2.45) is 5.92 Å². The normalized spacial score (nSPS) is 16.3. The van der Waals surface area contributed by atoms with E-state index in [1.165, 1.54) is 0 Å². The molecule has 2 amide bonds. The molecule has 1 atom stereocenters. The molecule has 0 spiro atoms. The highest BCUT2D eigenvalue weighted by Crippen LogP contribution is 2.29. The van der Waals surface area contributed by atoms with Crippen molar-refractivity contribution in [2.45, 2.75) is 33.4 Å². The molecule has 6 heteroatoms. The van der Waals surface area contributed by atoms with Gasteiger partial charge >= 0.3 is 12.0 Å². The van der Waals surface area contributed by atoms with Crippen LogP contribution in [-0.4, -0.2) is 18.6 Å². The van der Waals surface area contributed by atoms with Gasteiger partial charge in [-0.05, 0) is 36.1 Å². The Bertz CT molecular complexity index is 889. The molecule has 2 aromatic carbocycles. The molecule has 1 aliphatic rings. The molecule has 0 saturated carbocycles. The Balaban J connectivity index is 1.77. The van der Waals surface area contributed by atoms with Crippen LogP contribution in [0.4, 0.5) is 4.79 Å². The van der Waals surface area contributed by atoms with Crippen LogP contribution >= 0.6 is 0 Å². The van der Waals surface area contributed by atoms with Crippen LogP contribution in [0.25, 0.3) is 0 Å². The van der Waals surface area contributed by atoms with E-state index in [1.54, 1.807) is 6.92 Å². The maximum atomic E-state index is 12.8. The lowest BCUT2D eigenvalue weighted by Gasteiger charge is -2.28. The summed E-state index contributed by atoms with van der Waals surface area (Å²) in [5, 5.41) is 5.47. The average Bonchev–Trinajstić information content (AvgIpc) is 2.71. The summed E-state index contributed by atoms with van der Waals surface area (Å²) < 4.78 is 11.2. The molecule has 2 aromatic rings. The molecule has 0 saturated heterocycles. The molecule has 1 aliphatic heterocycles. The van der Waals surface area contributed by atoms with Gasteiger partial charge in [-0.25, -0.2) is 9.59 Å². The molecule has 0 bridgehead atoms. The van der Waals surface area contributed by atoms with Gasteiger partial charge in [0, 0.05) is 5.70 Å². The number of nitrogens with one attached hydrogen (secondary N) is 2. The van der Waals surface area contributed by atoms with Crippen molar-refractivity contribution in [1.82, 2.24) is 10.6 Å². The molecule has 152 valence electrons. The quantitative estimate of drug-likeness (QED) is 0.694. The van der Waals surface area contributed by atoms with E-state index in [0.717, 1.165) is 16.9 Å². The number of ether oxygens (including phenoxy) is 2. The Morgan fingerprint density at radius 1 is 1.07 bits per heavy atom. The van der Waals surface area contributed by atoms with Gasteiger partial charge < -0.3 is 20.1 Å². The monoisotopic (exact) mass is 394 g/mol. The number of hydrogen-bond acceptors (Lipinski definition) is 4. The standard InChI is InChI=1S/C23H26N2O4/c1-15(2)13-28-19-11-9-18(10-12-19)21-20(16(3)24-23(27)25-21)22(26)29-14-17-7-5-4-6-8-17/h4-12,15,21H,13-14H2,1-3H3,(H2,24,25,27). The summed E-state index contributed by atoms with van der Waals surface area (Å²) in [5.41, 5.74) is 2.55. The van der Waals surface area contributed by atoms with Gasteiger partial charge in [-0.15, -0.1) is 0 Å². The third kappa shape index (κ3) is 5.38. The van der Waals surface area contributed by atoms with Crippen LogP contribution in [0.15, 0.2) is 65.9 Å². The zero-order valence-corrected chi connectivity index (χ0v) is 16.9. The maximum Gasteiger partial charge on any atom is 0.338 e. The van der Waals surface area contributed by atoms with Crippen molar-refractivity contribution < 1.29 is 19.1 Å². The van der Waals surface area contributed by atoms with E-state index in [-0.39, 0.29) is 12.6 Å². The van der Waals surface area contributed by atoms with Gasteiger partial charge in [0.15, 0.2) is 0 Å². The Labute approximate surface area is 170 Å². The minimum Gasteiger partial charge on any atom is -0.493 e. The van der Waals surface area contributed by atoms with Gasteiger partial charge in [-0.3, -0.25) is 0 Å². The fraction of sp³-hybridized carbons (Fsp3) is 0.304. The summed E-state index contributed by atoms with van der Waals surface area (Å²) >= 11 is 0. The van der Waals surface area contributed by atoms with Gasteiger partial charge in [0.1, 0.15) is 12.4 Å². The Hall–Kier alpha value is -3.28. The lowest BCUT2D eigenvalue weighted by atomic mass is 9.95. The summed E-state index contributed by atoms with van der Waals surface area (Å²) in [7, 11) is 0. The Morgan fingerprint density at radius 2 is 1.76 bits per heavy atom. The summed E-state index contributed by atoms with van der Waals surface area (Å²) in [6, 6.07) is 15.9. The third-order valence-corrected chi connectivity index (χ3v) is 4.50. The van der Waals surface area contributed by atoms with Crippen molar-refractivity contribution in [3.05, 3.63) is 77.0 Å². The predicted octanol–water partition coefficient (Wildman–Crippen LogP) is 4.09. The molecule has 1 unspecified atom stereocenters. The number of benzene rings is 2. The molecule has 3 rings (SSSR count). The van der Waals surface area contributed by atoms with Crippen LogP contribution in [-0.2, 0) is 16.1 Å². The molecule has 2 N–H and O–H groups in total. The fourth-order valence-electron chi connectivity index (χ4n) is 3.03. The first-order valence-corrected chi connectivity index (χ1v) is 9.66. The van der Waals surface area contributed by atoms with Crippen molar-refractivity contribution in [2.75, 3.05) is 6.61 Å². The number of esters is 1. The SMILES string of the molecule is CC1=C(C(=O)OCc2ccccc2)C(c2ccc(OCC(C)C)cc2)NC(=O)N1. The predicted molar refractivity (Wildman–Crippen MR) is 110 cm³/mol. The highest BCUT2D eigenvalue weighted by Gasteiger charge is 2.32. The molecular formula is C23H26N2O4. The Morgan fingerprint density at radius 3 is 2.41 bits per heavy atom. The number of rotatable bonds is 7. The van der Waals surface area contributed by atoms with Crippen LogP contribution in [0, 0.1) is 5.92 Å². The zero-order valence-electron chi connectivity index (χ0n) is 16.9. The molecule has 0 fully saturated rings. The summed E-state index contributed by atoms with van der Waals surface area (Å²) in [5.74, 6) is 0.704. The Kier molecular flexibility index (Phi) is 6.54. The first-order chi connectivity index (χ1) is 13.9. The topological polar surface area (TPSA) is 76.7 Å². The minimum atomic E-state index is -0.592. The summed E-state index contributed by atoms with van der Waals surface area (Å²) in [6.45, 7) is 6.66. The largest absolute Gasteiger partial charge is 0.493 e. The second kappa shape index (κ2) is 9.28. The number of amides is 2. The second-order valence-electron chi connectivity index (χ2n) is 7.41. The van der Waals surface area contributed by atoms with Gasteiger partial charge in [0.05, 0.1) is 18.2 Å². The first-order valence-electron chi connectivity index (χ1n) is 9.66. The fourth-order valence-corrected chi connectivity index (χ4v) is 3.03. The highest BCUT2D eigenvalue weighted by atomic mass is 16.5. The lowest BCUT2D eigenvalue weighted by Crippen LogP contribution is -2.45. The molecule has 0 radical (unpaired) electrons. The van der Waals surface area contributed by atoms with Crippen molar-refractivity contribution in [1.29, 1.82) is 0 Å². The molecule has 1 heterocycles. The van der Waals surface area contributed by atoms with E-state index in [9.17, 15) is 9.59 Å². The van der Waals surface area contributed by atoms with Gasteiger partial charge in [-0.1, -0.05) is 56.3 Å². The summed E-state index contributed by atoms with van der Waals surface area (Å²) in [4.78, 5) is 24.8. The van der Waals surface area contributed by atoms with Crippen LogP contribution < -0.4 is 15.4 Å². The molecule has 0 aliphatic carbocycles. The zero-order chi connectivity index (χ0) is 20.8. The van der Waals surface area contributed by atoms with Crippen molar-refractivity contribution >= 4 is 12.0 Å². The molecular weight excluding hydrogens is 368 g/mol. The van der Waals surface area contributed by atoms with Gasteiger partial charge in [0.2, 0.25) is 0 Å². The number of urea groups is 1. The second-order valence-corrected chi connectivity index (χ2v) is 7.41. The highest BCUT2D eigenvalue weighted by molar-refractivity contribution is 5.95. The van der Waals surface area contributed by atoms with Crippen molar-refractivity contribution in [3.8, 4) is 5.75 Å². The van der Waals surface area contributed by atoms with Gasteiger partial charge in [0.25, 0.3) is 0 Å².